The molecule has 1 amide bonds. The molecule has 0 bridgehead atoms. The summed E-state index contributed by atoms with van der Waals surface area (Å²) in [7, 11) is 0. The third-order valence-electron chi connectivity index (χ3n) is 4.59. The van der Waals surface area contributed by atoms with Gasteiger partial charge in [-0.2, -0.15) is 5.10 Å². The predicted molar refractivity (Wildman–Crippen MR) is 98.1 cm³/mol. The zero-order valence-corrected chi connectivity index (χ0v) is 15.5. The van der Waals surface area contributed by atoms with Crippen LogP contribution in [0.25, 0.3) is 0 Å². The quantitative estimate of drug-likeness (QED) is 0.866. The van der Waals surface area contributed by atoms with E-state index in [9.17, 15) is 4.79 Å². The molecule has 6 heteroatoms. The first kappa shape index (κ1) is 17.8. The van der Waals surface area contributed by atoms with Crippen LogP contribution in [0.15, 0.2) is 24.4 Å². The largest absolute Gasteiger partial charge is 0.471 e. The Morgan fingerprint density at radius 1 is 1.28 bits per heavy atom. The minimum atomic E-state index is -0.108. The number of aromatic nitrogens is 2. The number of nitrogens with one attached hydrogen (secondary N) is 1. The van der Waals surface area contributed by atoms with E-state index in [1.165, 1.54) is 19.3 Å². The first-order valence-electron chi connectivity index (χ1n) is 8.77. The average Bonchev–Trinajstić information content (AvgIpc) is 3.08. The topological polar surface area (TPSA) is 56.1 Å². The van der Waals surface area contributed by atoms with Gasteiger partial charge in [0.25, 0.3) is 5.91 Å². The SMILES string of the molecule is Cc1cc(OCn2ccc(C(=O)NC3CCCCC3)n2)cc(C)c1Cl. The Hall–Kier alpha value is -2.01. The van der Waals surface area contributed by atoms with Crippen molar-refractivity contribution in [1.82, 2.24) is 15.1 Å². The Morgan fingerprint density at radius 3 is 2.64 bits per heavy atom. The molecule has 1 aromatic heterocycles. The maximum Gasteiger partial charge on any atom is 0.271 e. The first-order chi connectivity index (χ1) is 12.0. The molecule has 0 unspecified atom stereocenters. The smallest absolute Gasteiger partial charge is 0.271 e. The lowest BCUT2D eigenvalue weighted by atomic mass is 9.95. The molecule has 2 aromatic rings. The molecule has 1 aliphatic rings. The van der Waals surface area contributed by atoms with Crippen molar-refractivity contribution < 1.29 is 9.53 Å². The number of amides is 1. The molecule has 3 rings (SSSR count). The first-order valence-corrected chi connectivity index (χ1v) is 9.14. The number of hydrogen-bond acceptors (Lipinski definition) is 3. The molecule has 25 heavy (non-hydrogen) atoms. The van der Waals surface area contributed by atoms with Gasteiger partial charge in [-0.15, -0.1) is 0 Å². The summed E-state index contributed by atoms with van der Waals surface area (Å²) in [6.45, 7) is 4.14. The van der Waals surface area contributed by atoms with Gasteiger partial charge in [-0.1, -0.05) is 30.9 Å². The van der Waals surface area contributed by atoms with Crippen molar-refractivity contribution in [2.45, 2.75) is 58.7 Å². The summed E-state index contributed by atoms with van der Waals surface area (Å²) < 4.78 is 7.38. The molecule has 0 aliphatic heterocycles. The van der Waals surface area contributed by atoms with Crippen molar-refractivity contribution in [3.63, 3.8) is 0 Å². The van der Waals surface area contributed by atoms with Crippen LogP contribution in [0.5, 0.6) is 5.75 Å². The van der Waals surface area contributed by atoms with E-state index in [4.69, 9.17) is 16.3 Å². The van der Waals surface area contributed by atoms with E-state index in [1.54, 1.807) is 16.9 Å². The summed E-state index contributed by atoms with van der Waals surface area (Å²) in [6, 6.07) is 5.80. The highest BCUT2D eigenvalue weighted by molar-refractivity contribution is 6.32. The molecule has 0 saturated heterocycles. The maximum absolute atomic E-state index is 12.3. The Kier molecular flexibility index (Phi) is 5.63. The average molecular weight is 362 g/mol. The highest BCUT2D eigenvalue weighted by Crippen LogP contribution is 2.26. The number of nitrogens with zero attached hydrogens (tertiary/aromatic N) is 2. The van der Waals surface area contributed by atoms with Gasteiger partial charge < -0.3 is 10.1 Å². The van der Waals surface area contributed by atoms with Crippen LogP contribution in [0.2, 0.25) is 5.02 Å². The second-order valence-corrected chi connectivity index (χ2v) is 7.07. The number of carbonyl (C=O) groups excluding carboxylic acids is 1. The van der Waals surface area contributed by atoms with Gasteiger partial charge >= 0.3 is 0 Å². The molecule has 0 radical (unpaired) electrons. The van der Waals surface area contributed by atoms with Crippen molar-refractivity contribution in [1.29, 1.82) is 0 Å². The van der Waals surface area contributed by atoms with Crippen LogP contribution >= 0.6 is 11.6 Å². The minimum absolute atomic E-state index is 0.108. The van der Waals surface area contributed by atoms with E-state index in [0.717, 1.165) is 34.7 Å². The van der Waals surface area contributed by atoms with Gasteiger partial charge in [0.15, 0.2) is 6.73 Å². The lowest BCUT2D eigenvalue weighted by molar-refractivity contribution is 0.0920. The van der Waals surface area contributed by atoms with Crippen molar-refractivity contribution in [3.8, 4) is 5.75 Å². The fraction of sp³-hybridized carbons (Fsp3) is 0.474. The van der Waals surface area contributed by atoms with Crippen molar-refractivity contribution >= 4 is 17.5 Å². The summed E-state index contributed by atoms with van der Waals surface area (Å²) in [5.74, 6) is 0.631. The van der Waals surface area contributed by atoms with Gasteiger partial charge in [-0.3, -0.25) is 4.79 Å². The normalized spacial score (nSPS) is 15.2. The van der Waals surface area contributed by atoms with Gasteiger partial charge in [0.2, 0.25) is 0 Å². The predicted octanol–water partition coefficient (Wildman–Crippen LogP) is 4.25. The van der Waals surface area contributed by atoms with Crippen molar-refractivity contribution in [3.05, 3.63) is 46.2 Å². The van der Waals surface area contributed by atoms with Crippen LogP contribution in [0.4, 0.5) is 0 Å². The van der Waals surface area contributed by atoms with Crippen LogP contribution in [-0.4, -0.2) is 21.7 Å². The Labute approximate surface area is 153 Å². The number of ether oxygens (including phenoxy) is 1. The van der Waals surface area contributed by atoms with Gasteiger partial charge in [0.05, 0.1) is 0 Å². The highest BCUT2D eigenvalue weighted by atomic mass is 35.5. The fourth-order valence-electron chi connectivity index (χ4n) is 3.19. The van der Waals surface area contributed by atoms with E-state index in [1.807, 2.05) is 26.0 Å². The maximum atomic E-state index is 12.3. The van der Waals surface area contributed by atoms with E-state index in [2.05, 4.69) is 10.4 Å². The molecule has 1 fully saturated rings. The van der Waals surface area contributed by atoms with Crippen molar-refractivity contribution in [2.75, 3.05) is 0 Å². The van der Waals surface area contributed by atoms with E-state index >= 15 is 0 Å². The van der Waals surface area contributed by atoms with Gasteiger partial charge in [-0.25, -0.2) is 4.68 Å². The van der Waals surface area contributed by atoms with Crippen LogP contribution in [0, 0.1) is 13.8 Å². The molecule has 0 spiro atoms. The summed E-state index contributed by atoms with van der Waals surface area (Å²) in [5.41, 5.74) is 2.38. The van der Waals surface area contributed by atoms with Gasteiger partial charge in [0.1, 0.15) is 11.4 Å². The number of halogens is 1. The van der Waals surface area contributed by atoms with E-state index in [-0.39, 0.29) is 18.7 Å². The zero-order valence-electron chi connectivity index (χ0n) is 14.7. The van der Waals surface area contributed by atoms with Crippen molar-refractivity contribution in [2.24, 2.45) is 0 Å². The van der Waals surface area contributed by atoms with Crippen LogP contribution in [0.3, 0.4) is 0 Å². The number of benzene rings is 1. The Bertz CT molecular complexity index is 728. The van der Waals surface area contributed by atoms with Gasteiger partial charge in [-0.05, 0) is 56.0 Å². The summed E-state index contributed by atoms with van der Waals surface area (Å²) >= 11 is 6.17. The second kappa shape index (κ2) is 7.91. The summed E-state index contributed by atoms with van der Waals surface area (Å²) in [5, 5.41) is 8.14. The number of aryl methyl sites for hydroxylation is 2. The summed E-state index contributed by atoms with van der Waals surface area (Å²) in [4.78, 5) is 12.3. The third kappa shape index (κ3) is 4.54. The lowest BCUT2D eigenvalue weighted by Crippen LogP contribution is -2.36. The molecule has 1 heterocycles. The number of hydrogen-bond donors (Lipinski definition) is 1. The lowest BCUT2D eigenvalue weighted by Gasteiger charge is -2.22. The molecule has 0 atom stereocenters. The highest BCUT2D eigenvalue weighted by Gasteiger charge is 2.18. The monoisotopic (exact) mass is 361 g/mol. The van der Waals surface area contributed by atoms with E-state index < -0.39 is 0 Å². The van der Waals surface area contributed by atoms with E-state index in [0.29, 0.717) is 5.69 Å². The Balaban J connectivity index is 1.57. The van der Waals surface area contributed by atoms with Crippen LogP contribution in [0.1, 0.15) is 53.7 Å². The molecular weight excluding hydrogens is 338 g/mol. The Morgan fingerprint density at radius 2 is 1.96 bits per heavy atom. The third-order valence-corrected chi connectivity index (χ3v) is 5.18. The molecule has 5 nitrogen and oxygen atoms in total. The van der Waals surface area contributed by atoms with Crippen LogP contribution in [-0.2, 0) is 6.73 Å². The molecule has 1 aromatic carbocycles. The molecular formula is C19H24ClN3O2. The van der Waals surface area contributed by atoms with Gasteiger partial charge in [0, 0.05) is 17.3 Å². The molecule has 134 valence electrons. The standard InChI is InChI=1S/C19H24ClN3O2/c1-13-10-16(11-14(2)18(13)20)25-12-23-9-8-17(22-23)19(24)21-15-6-4-3-5-7-15/h8-11,15H,3-7,12H2,1-2H3,(H,21,24). The zero-order chi connectivity index (χ0) is 17.8. The molecule has 1 aliphatic carbocycles. The summed E-state index contributed by atoms with van der Waals surface area (Å²) in [6.07, 6.45) is 7.52. The molecule has 1 saturated carbocycles. The second-order valence-electron chi connectivity index (χ2n) is 6.69. The molecule has 1 N–H and O–H groups in total. The number of carbonyl (C=O) groups is 1. The minimum Gasteiger partial charge on any atom is -0.471 e. The number of rotatable bonds is 5. The fourth-order valence-corrected chi connectivity index (χ4v) is 3.30. The van der Waals surface area contributed by atoms with Crippen LogP contribution < -0.4 is 10.1 Å².